The van der Waals surface area contributed by atoms with Crippen LogP contribution in [-0.2, 0) is 6.54 Å². The first-order chi connectivity index (χ1) is 8.74. The van der Waals surface area contributed by atoms with Gasteiger partial charge in [-0.2, -0.15) is 4.98 Å². The molecule has 0 saturated carbocycles. The summed E-state index contributed by atoms with van der Waals surface area (Å²) in [5.74, 6) is 0.697. The average Bonchev–Trinajstić information content (AvgIpc) is 2.79. The van der Waals surface area contributed by atoms with Gasteiger partial charge in [0, 0.05) is 0 Å². The maximum Gasteiger partial charge on any atom is 0.269 e. The Morgan fingerprint density at radius 2 is 2.17 bits per heavy atom. The number of benzene rings is 1. The number of para-hydroxylation sites is 2. The molecule has 2 aromatic heterocycles. The summed E-state index contributed by atoms with van der Waals surface area (Å²) in [5.41, 5.74) is 6.74. The van der Waals surface area contributed by atoms with Gasteiger partial charge in [-0.15, -0.1) is 5.10 Å². The van der Waals surface area contributed by atoms with Gasteiger partial charge >= 0.3 is 0 Å². The summed E-state index contributed by atoms with van der Waals surface area (Å²) in [6.07, 6.45) is 1.29. The molecule has 0 unspecified atom stereocenters. The summed E-state index contributed by atoms with van der Waals surface area (Å²) >= 11 is 0. The van der Waals surface area contributed by atoms with Gasteiger partial charge in [0.2, 0.25) is 5.95 Å². The number of hydrogen-bond donors (Lipinski definition) is 2. The van der Waals surface area contributed by atoms with Crippen LogP contribution < -0.4 is 11.3 Å². The second-order valence-corrected chi connectivity index (χ2v) is 3.81. The van der Waals surface area contributed by atoms with E-state index in [-0.39, 0.29) is 18.1 Å². The summed E-state index contributed by atoms with van der Waals surface area (Å²) in [4.78, 5) is 19.9. The van der Waals surface area contributed by atoms with Gasteiger partial charge in [0.15, 0.2) is 0 Å². The van der Waals surface area contributed by atoms with Crippen molar-refractivity contribution in [3.63, 3.8) is 0 Å². The second kappa shape index (κ2) is 3.95. The van der Waals surface area contributed by atoms with E-state index >= 15 is 0 Å². The van der Waals surface area contributed by atoms with Gasteiger partial charge in [-0.05, 0) is 12.1 Å². The number of anilines is 1. The number of fused-ring (bicyclic) bond motifs is 1. The van der Waals surface area contributed by atoms with Crippen molar-refractivity contribution in [3.05, 3.63) is 46.6 Å². The molecule has 2 heterocycles. The van der Waals surface area contributed by atoms with E-state index in [1.807, 2.05) is 24.3 Å². The summed E-state index contributed by atoms with van der Waals surface area (Å²) in [6, 6.07) is 7.41. The fourth-order valence-electron chi connectivity index (χ4n) is 1.81. The van der Waals surface area contributed by atoms with E-state index < -0.39 is 0 Å². The first-order valence-electron chi connectivity index (χ1n) is 5.35. The number of nitrogens with zero attached hydrogens (tertiary/aromatic N) is 4. The van der Waals surface area contributed by atoms with Crippen LogP contribution in [0.5, 0.6) is 0 Å². The molecule has 0 bridgehead atoms. The van der Waals surface area contributed by atoms with Crippen LogP contribution >= 0.6 is 0 Å². The number of aromatic amines is 1. The van der Waals surface area contributed by atoms with E-state index in [9.17, 15) is 4.79 Å². The van der Waals surface area contributed by atoms with Crippen molar-refractivity contribution in [2.75, 3.05) is 5.73 Å². The van der Waals surface area contributed by atoms with E-state index in [0.29, 0.717) is 5.82 Å². The van der Waals surface area contributed by atoms with Crippen LogP contribution in [0.1, 0.15) is 5.82 Å². The number of hydrogen-bond acceptors (Lipinski definition) is 5. The molecule has 0 aliphatic carbocycles. The molecule has 0 fully saturated rings. The number of aromatic nitrogens is 5. The maximum absolute atomic E-state index is 11.9. The van der Waals surface area contributed by atoms with Crippen LogP contribution in [0.2, 0.25) is 0 Å². The molecule has 7 heteroatoms. The van der Waals surface area contributed by atoms with Gasteiger partial charge in [-0.1, -0.05) is 12.1 Å². The predicted molar refractivity (Wildman–Crippen MR) is 65.9 cm³/mol. The summed E-state index contributed by atoms with van der Waals surface area (Å²) < 4.78 is 1.57. The molecule has 0 spiro atoms. The van der Waals surface area contributed by atoms with Crippen LogP contribution in [-0.4, -0.2) is 24.7 Å². The molecule has 0 aliphatic heterocycles. The third-order valence-corrected chi connectivity index (χ3v) is 2.61. The lowest BCUT2D eigenvalue weighted by atomic mass is 10.3. The van der Waals surface area contributed by atoms with E-state index in [2.05, 4.69) is 20.2 Å². The monoisotopic (exact) mass is 242 g/mol. The zero-order valence-electron chi connectivity index (χ0n) is 9.37. The fourth-order valence-corrected chi connectivity index (χ4v) is 1.81. The molecule has 0 aliphatic rings. The molecule has 3 N–H and O–H groups in total. The molecular formula is C11H10N6O. The minimum absolute atomic E-state index is 0.163. The summed E-state index contributed by atoms with van der Waals surface area (Å²) in [7, 11) is 0. The standard InChI is InChI=1S/C11H10N6O/c12-11-14-9(15-16-11)6-17-8-4-2-1-3-7(8)13-5-10(17)18/h1-5H,6H2,(H3,12,14,15,16). The summed E-state index contributed by atoms with van der Waals surface area (Å²) in [6.45, 7) is 0.284. The van der Waals surface area contributed by atoms with Crippen LogP contribution in [0.3, 0.4) is 0 Å². The molecule has 0 atom stereocenters. The van der Waals surface area contributed by atoms with Crippen molar-refractivity contribution in [1.29, 1.82) is 0 Å². The Labute approximate surface area is 101 Å². The molecule has 0 amide bonds. The van der Waals surface area contributed by atoms with Crippen LogP contribution in [0.15, 0.2) is 35.3 Å². The fraction of sp³-hybridized carbons (Fsp3) is 0.0909. The van der Waals surface area contributed by atoms with Crippen LogP contribution in [0.4, 0.5) is 5.95 Å². The number of H-pyrrole nitrogens is 1. The van der Waals surface area contributed by atoms with Gasteiger partial charge in [0.25, 0.3) is 5.56 Å². The van der Waals surface area contributed by atoms with Gasteiger partial charge < -0.3 is 5.73 Å². The minimum atomic E-state index is -0.191. The molecule has 18 heavy (non-hydrogen) atoms. The molecule has 0 saturated heterocycles. The highest BCUT2D eigenvalue weighted by atomic mass is 16.1. The second-order valence-electron chi connectivity index (χ2n) is 3.81. The highest BCUT2D eigenvalue weighted by Gasteiger charge is 2.06. The zero-order valence-corrected chi connectivity index (χ0v) is 9.37. The largest absolute Gasteiger partial charge is 0.367 e. The smallest absolute Gasteiger partial charge is 0.269 e. The first kappa shape index (κ1) is 10.5. The Morgan fingerprint density at radius 3 is 2.94 bits per heavy atom. The van der Waals surface area contributed by atoms with Crippen molar-refractivity contribution in [2.24, 2.45) is 0 Å². The van der Waals surface area contributed by atoms with Gasteiger partial charge in [0.05, 0.1) is 23.8 Å². The Balaban J connectivity index is 2.16. The van der Waals surface area contributed by atoms with E-state index in [1.165, 1.54) is 6.20 Å². The first-order valence-corrected chi connectivity index (χ1v) is 5.35. The molecule has 7 nitrogen and oxygen atoms in total. The minimum Gasteiger partial charge on any atom is -0.367 e. The highest BCUT2D eigenvalue weighted by molar-refractivity contribution is 5.74. The third kappa shape index (κ3) is 1.71. The SMILES string of the molecule is Nc1n[nH]c(Cn2c(=O)cnc3ccccc32)n1. The van der Waals surface area contributed by atoms with E-state index in [0.717, 1.165) is 11.0 Å². The Morgan fingerprint density at radius 1 is 1.33 bits per heavy atom. The Kier molecular flexibility index (Phi) is 2.30. The third-order valence-electron chi connectivity index (χ3n) is 2.61. The van der Waals surface area contributed by atoms with Crippen molar-refractivity contribution < 1.29 is 0 Å². The number of nitrogens with two attached hydrogens (primary N) is 1. The average molecular weight is 242 g/mol. The number of rotatable bonds is 2. The number of nitrogens with one attached hydrogen (secondary N) is 1. The molecule has 3 aromatic rings. The van der Waals surface area contributed by atoms with Crippen LogP contribution in [0, 0.1) is 0 Å². The Hall–Kier alpha value is -2.70. The Bertz CT molecular complexity index is 759. The van der Waals surface area contributed by atoms with Crippen LogP contribution in [0.25, 0.3) is 11.0 Å². The lowest BCUT2D eigenvalue weighted by Crippen LogP contribution is -2.21. The lowest BCUT2D eigenvalue weighted by Gasteiger charge is -2.06. The lowest BCUT2D eigenvalue weighted by molar-refractivity contribution is 0.741. The van der Waals surface area contributed by atoms with E-state index in [1.54, 1.807) is 4.57 Å². The van der Waals surface area contributed by atoms with Gasteiger partial charge in [-0.3, -0.25) is 14.5 Å². The molecule has 90 valence electrons. The van der Waals surface area contributed by atoms with Crippen molar-refractivity contribution in [3.8, 4) is 0 Å². The zero-order chi connectivity index (χ0) is 12.5. The number of nitrogen functional groups attached to an aromatic ring is 1. The van der Waals surface area contributed by atoms with Crippen molar-refractivity contribution >= 4 is 17.0 Å². The maximum atomic E-state index is 11.9. The normalized spacial score (nSPS) is 10.9. The highest BCUT2D eigenvalue weighted by Crippen LogP contribution is 2.09. The van der Waals surface area contributed by atoms with Crippen molar-refractivity contribution in [2.45, 2.75) is 6.54 Å². The summed E-state index contributed by atoms with van der Waals surface area (Å²) in [5, 5.41) is 6.41. The molecule has 0 radical (unpaired) electrons. The van der Waals surface area contributed by atoms with Crippen molar-refractivity contribution in [1.82, 2.24) is 24.7 Å². The van der Waals surface area contributed by atoms with Gasteiger partial charge in [-0.25, -0.2) is 4.98 Å². The molecule has 3 rings (SSSR count). The predicted octanol–water partition coefficient (Wildman–Crippen LogP) is 0.145. The van der Waals surface area contributed by atoms with E-state index in [4.69, 9.17) is 5.73 Å². The molecule has 1 aromatic carbocycles. The molecular weight excluding hydrogens is 232 g/mol. The topological polar surface area (TPSA) is 102 Å². The quantitative estimate of drug-likeness (QED) is 0.665. The van der Waals surface area contributed by atoms with Gasteiger partial charge in [0.1, 0.15) is 5.82 Å².